The maximum absolute atomic E-state index is 12.5. The number of nitrogen functional groups attached to an aromatic ring is 1. The number of anilines is 2. The second kappa shape index (κ2) is 5.20. The fraction of sp³-hybridized carbons (Fsp3) is 0.0625. The number of nitrogens with two attached hydrogens (primary N) is 1. The van der Waals surface area contributed by atoms with E-state index in [2.05, 4.69) is 9.97 Å². The van der Waals surface area contributed by atoms with Crippen LogP contribution in [0.2, 0.25) is 0 Å². The van der Waals surface area contributed by atoms with E-state index in [9.17, 15) is 4.79 Å². The molecule has 2 aromatic heterocycles. The molecule has 1 amide bonds. The summed E-state index contributed by atoms with van der Waals surface area (Å²) in [5, 5.41) is 0.845. The Morgan fingerprint density at radius 3 is 2.76 bits per heavy atom. The summed E-state index contributed by atoms with van der Waals surface area (Å²) >= 11 is 0. The number of hydrogen-bond donors (Lipinski definition) is 1. The molecular formula is C16H14N4O. The minimum atomic E-state index is -0.222. The van der Waals surface area contributed by atoms with Crippen molar-refractivity contribution in [2.75, 3.05) is 17.7 Å². The predicted molar refractivity (Wildman–Crippen MR) is 83.1 cm³/mol. The van der Waals surface area contributed by atoms with E-state index < -0.39 is 0 Å². The number of fused-ring (bicyclic) bond motifs is 1. The Labute approximate surface area is 122 Å². The second-order valence-electron chi connectivity index (χ2n) is 4.69. The van der Waals surface area contributed by atoms with E-state index in [4.69, 9.17) is 5.73 Å². The molecule has 5 heteroatoms. The zero-order valence-corrected chi connectivity index (χ0v) is 11.5. The summed E-state index contributed by atoms with van der Waals surface area (Å²) in [5.41, 5.74) is 8.29. The van der Waals surface area contributed by atoms with Gasteiger partial charge in [0.1, 0.15) is 5.69 Å². The Morgan fingerprint density at radius 1 is 1.19 bits per heavy atom. The molecule has 0 unspecified atom stereocenters. The van der Waals surface area contributed by atoms with E-state index in [-0.39, 0.29) is 5.91 Å². The molecule has 3 rings (SSSR count). The lowest BCUT2D eigenvalue weighted by Crippen LogP contribution is -2.27. The molecule has 0 aliphatic rings. The first-order valence-corrected chi connectivity index (χ1v) is 6.50. The van der Waals surface area contributed by atoms with E-state index in [0.29, 0.717) is 22.6 Å². The number of para-hydroxylation sites is 1. The van der Waals surface area contributed by atoms with Crippen molar-refractivity contribution < 1.29 is 4.79 Å². The molecule has 104 valence electrons. The molecular weight excluding hydrogens is 264 g/mol. The van der Waals surface area contributed by atoms with Gasteiger partial charge in [0, 0.05) is 24.3 Å². The van der Waals surface area contributed by atoms with Gasteiger partial charge in [0.2, 0.25) is 0 Å². The topological polar surface area (TPSA) is 72.1 Å². The van der Waals surface area contributed by atoms with Gasteiger partial charge in [-0.05, 0) is 24.3 Å². The number of carbonyl (C=O) groups is 1. The lowest BCUT2D eigenvalue weighted by Gasteiger charge is -2.16. The summed E-state index contributed by atoms with van der Waals surface area (Å²) in [6, 6.07) is 12.7. The van der Waals surface area contributed by atoms with Crippen molar-refractivity contribution in [2.45, 2.75) is 0 Å². The van der Waals surface area contributed by atoms with Gasteiger partial charge in [-0.1, -0.05) is 18.2 Å². The van der Waals surface area contributed by atoms with Crippen LogP contribution in [0, 0.1) is 0 Å². The number of amides is 1. The molecule has 0 radical (unpaired) electrons. The average molecular weight is 278 g/mol. The van der Waals surface area contributed by atoms with Crippen LogP contribution < -0.4 is 10.6 Å². The Balaban J connectivity index is 2.02. The van der Waals surface area contributed by atoms with Gasteiger partial charge in [0.15, 0.2) is 0 Å². The smallest absolute Gasteiger partial charge is 0.276 e. The van der Waals surface area contributed by atoms with Gasteiger partial charge in [-0.15, -0.1) is 0 Å². The highest BCUT2D eigenvalue weighted by molar-refractivity contribution is 6.07. The van der Waals surface area contributed by atoms with Gasteiger partial charge < -0.3 is 10.6 Å². The first kappa shape index (κ1) is 13.1. The lowest BCUT2D eigenvalue weighted by atomic mass is 10.1. The van der Waals surface area contributed by atoms with Crippen LogP contribution in [-0.4, -0.2) is 22.9 Å². The Bertz CT molecular complexity index is 802. The number of hydrogen-bond acceptors (Lipinski definition) is 4. The van der Waals surface area contributed by atoms with Crippen molar-refractivity contribution >= 4 is 28.2 Å². The van der Waals surface area contributed by atoms with Crippen molar-refractivity contribution in [1.82, 2.24) is 9.97 Å². The molecule has 1 aromatic carbocycles. The molecule has 0 atom stereocenters. The van der Waals surface area contributed by atoms with Gasteiger partial charge in [0.25, 0.3) is 5.91 Å². The minimum Gasteiger partial charge on any atom is -0.398 e. The molecule has 2 heterocycles. The van der Waals surface area contributed by atoms with Crippen molar-refractivity contribution in [3.8, 4) is 0 Å². The van der Waals surface area contributed by atoms with E-state index in [0.717, 1.165) is 5.39 Å². The van der Waals surface area contributed by atoms with Crippen LogP contribution >= 0.6 is 0 Å². The Morgan fingerprint density at radius 2 is 2.00 bits per heavy atom. The number of nitrogens with zero attached hydrogens (tertiary/aromatic N) is 3. The van der Waals surface area contributed by atoms with Gasteiger partial charge in [-0.3, -0.25) is 9.78 Å². The van der Waals surface area contributed by atoms with E-state index >= 15 is 0 Å². The predicted octanol–water partition coefficient (Wildman–Crippen LogP) is 2.49. The average Bonchev–Trinajstić information content (AvgIpc) is 2.54. The molecule has 5 nitrogen and oxygen atoms in total. The normalized spacial score (nSPS) is 10.5. The third-order valence-electron chi connectivity index (χ3n) is 3.31. The number of benzene rings is 1. The third kappa shape index (κ3) is 2.41. The summed E-state index contributed by atoms with van der Waals surface area (Å²) in [7, 11) is 1.69. The maximum Gasteiger partial charge on any atom is 0.276 e. The summed E-state index contributed by atoms with van der Waals surface area (Å²) in [4.78, 5) is 22.4. The molecule has 0 aliphatic carbocycles. The van der Waals surface area contributed by atoms with E-state index in [1.807, 2.05) is 30.3 Å². The number of carbonyl (C=O) groups excluding carboxylic acids is 1. The molecule has 0 spiro atoms. The summed E-state index contributed by atoms with van der Waals surface area (Å²) < 4.78 is 0. The maximum atomic E-state index is 12.5. The van der Waals surface area contributed by atoms with Gasteiger partial charge in [-0.2, -0.15) is 0 Å². The zero-order chi connectivity index (χ0) is 14.8. The molecule has 21 heavy (non-hydrogen) atoms. The molecule has 2 N–H and O–H groups in total. The highest BCUT2D eigenvalue weighted by Gasteiger charge is 2.16. The summed E-state index contributed by atoms with van der Waals surface area (Å²) in [5.74, 6) is -0.222. The first-order chi connectivity index (χ1) is 10.2. The monoisotopic (exact) mass is 278 g/mol. The zero-order valence-electron chi connectivity index (χ0n) is 11.5. The molecule has 0 saturated heterocycles. The minimum absolute atomic E-state index is 0.222. The Hall–Kier alpha value is -2.95. The van der Waals surface area contributed by atoms with Gasteiger partial charge >= 0.3 is 0 Å². The number of pyridine rings is 2. The quantitative estimate of drug-likeness (QED) is 0.781. The summed E-state index contributed by atoms with van der Waals surface area (Å²) in [6.07, 6.45) is 3.29. The van der Waals surface area contributed by atoms with Crippen molar-refractivity contribution in [1.29, 1.82) is 0 Å². The molecule has 0 fully saturated rings. The van der Waals surface area contributed by atoms with Gasteiger partial charge in [-0.25, -0.2) is 4.98 Å². The molecule has 0 saturated carbocycles. The third-order valence-corrected chi connectivity index (χ3v) is 3.31. The first-order valence-electron chi connectivity index (χ1n) is 6.50. The van der Waals surface area contributed by atoms with Crippen molar-refractivity contribution in [3.63, 3.8) is 0 Å². The second-order valence-corrected chi connectivity index (χ2v) is 4.69. The van der Waals surface area contributed by atoms with Crippen LogP contribution in [0.25, 0.3) is 10.9 Å². The SMILES string of the molecule is CN(C(=O)c1cc(N)c2ccccc2n1)c1cccnc1. The highest BCUT2D eigenvalue weighted by atomic mass is 16.2. The van der Waals surface area contributed by atoms with Crippen LogP contribution in [0.5, 0.6) is 0 Å². The highest BCUT2D eigenvalue weighted by Crippen LogP contribution is 2.21. The van der Waals surface area contributed by atoms with Crippen LogP contribution in [0.3, 0.4) is 0 Å². The van der Waals surface area contributed by atoms with Crippen LogP contribution in [-0.2, 0) is 0 Å². The molecule has 0 bridgehead atoms. The van der Waals surface area contributed by atoms with E-state index in [1.54, 1.807) is 31.6 Å². The molecule has 3 aromatic rings. The van der Waals surface area contributed by atoms with Gasteiger partial charge in [0.05, 0.1) is 17.4 Å². The lowest BCUT2D eigenvalue weighted by molar-refractivity contribution is 0.0988. The van der Waals surface area contributed by atoms with E-state index in [1.165, 1.54) is 4.90 Å². The summed E-state index contributed by atoms with van der Waals surface area (Å²) in [6.45, 7) is 0. The van der Waals surface area contributed by atoms with Crippen LogP contribution in [0.1, 0.15) is 10.5 Å². The Kier molecular flexibility index (Phi) is 3.23. The van der Waals surface area contributed by atoms with Crippen molar-refractivity contribution in [2.24, 2.45) is 0 Å². The fourth-order valence-corrected chi connectivity index (χ4v) is 2.15. The van der Waals surface area contributed by atoms with Crippen molar-refractivity contribution in [3.05, 3.63) is 60.6 Å². The fourth-order valence-electron chi connectivity index (χ4n) is 2.15. The molecule has 0 aliphatic heterocycles. The van der Waals surface area contributed by atoms with Crippen LogP contribution in [0.15, 0.2) is 54.9 Å². The number of aromatic nitrogens is 2. The number of rotatable bonds is 2. The standard InChI is InChI=1S/C16H14N4O/c1-20(11-5-4-8-18-10-11)16(21)15-9-13(17)12-6-2-3-7-14(12)19-15/h2-10H,1H3,(H2,17,19). The largest absolute Gasteiger partial charge is 0.398 e. The van der Waals surface area contributed by atoms with Crippen LogP contribution in [0.4, 0.5) is 11.4 Å².